The summed E-state index contributed by atoms with van der Waals surface area (Å²) in [5, 5.41) is 14.8. The van der Waals surface area contributed by atoms with E-state index in [1.165, 1.54) is 4.68 Å². The molecule has 5 fully saturated rings. The van der Waals surface area contributed by atoms with E-state index >= 15 is 0 Å². The predicted molar refractivity (Wildman–Crippen MR) is 110 cm³/mol. The molecule has 0 radical (unpaired) electrons. The minimum Gasteiger partial charge on any atom is -0.481 e. The van der Waals surface area contributed by atoms with E-state index < -0.39 is 17.4 Å². The van der Waals surface area contributed by atoms with Crippen molar-refractivity contribution in [2.24, 2.45) is 23.7 Å². The van der Waals surface area contributed by atoms with Crippen LogP contribution in [-0.4, -0.2) is 58.5 Å². The Bertz CT molecular complexity index is 865. The van der Waals surface area contributed by atoms with Crippen molar-refractivity contribution < 1.29 is 9.90 Å². The molecule has 1 aromatic rings. The van der Waals surface area contributed by atoms with Gasteiger partial charge in [-0.2, -0.15) is 5.10 Å². The van der Waals surface area contributed by atoms with Gasteiger partial charge in [0.2, 0.25) is 0 Å². The van der Waals surface area contributed by atoms with E-state index in [1.54, 1.807) is 6.20 Å². The fourth-order valence-corrected chi connectivity index (χ4v) is 7.25. The second kappa shape index (κ2) is 6.98. The number of aliphatic carboxylic acids is 1. The van der Waals surface area contributed by atoms with Crippen molar-refractivity contribution >= 4 is 23.3 Å². The largest absolute Gasteiger partial charge is 0.481 e. The highest BCUT2D eigenvalue weighted by atomic mass is 35.5. The molecule has 158 valence electrons. The summed E-state index contributed by atoms with van der Waals surface area (Å²) in [7, 11) is 0. The van der Waals surface area contributed by atoms with Gasteiger partial charge in [-0.3, -0.25) is 9.59 Å². The van der Waals surface area contributed by atoms with Gasteiger partial charge in [0.25, 0.3) is 5.56 Å². The van der Waals surface area contributed by atoms with Crippen LogP contribution >= 0.6 is 11.6 Å². The molecule has 0 amide bonds. The summed E-state index contributed by atoms with van der Waals surface area (Å²) in [5.74, 6) is -0.198. The Balaban J connectivity index is 1.52. The smallest absolute Gasteiger partial charge is 0.309 e. The molecule has 2 heterocycles. The standard InChI is InChI=1S/C21H29ClN4O3/c1-2-24-3-5-25(6-4-24)16-12-23-26(19(27)18(16)22)21-10-13-7-14(11-21)9-15(8-13)17(21)20(28)29/h12-15,17H,2-11H2,1H3,(H,28,29)/t13-,14-,15?,17-,21?/m0/s1. The number of aromatic nitrogens is 2. The summed E-state index contributed by atoms with van der Waals surface area (Å²) in [6, 6.07) is 0. The number of halogens is 1. The van der Waals surface area contributed by atoms with Crippen LogP contribution in [0.5, 0.6) is 0 Å². The number of rotatable bonds is 4. The molecule has 4 saturated carbocycles. The third-order valence-corrected chi connectivity index (χ3v) is 8.38. The molecule has 4 bridgehead atoms. The second-order valence-corrected chi connectivity index (χ2v) is 9.89. The van der Waals surface area contributed by atoms with E-state index in [1.807, 2.05) is 0 Å². The number of carbonyl (C=O) groups is 1. The summed E-state index contributed by atoms with van der Waals surface area (Å²) in [6.07, 6.45) is 6.26. The van der Waals surface area contributed by atoms with Crippen LogP contribution in [0.2, 0.25) is 5.02 Å². The monoisotopic (exact) mass is 420 g/mol. The highest BCUT2D eigenvalue weighted by Crippen LogP contribution is 2.61. The molecule has 7 nitrogen and oxygen atoms in total. The highest BCUT2D eigenvalue weighted by Gasteiger charge is 2.61. The summed E-state index contributed by atoms with van der Waals surface area (Å²) in [6.45, 7) is 6.67. The van der Waals surface area contributed by atoms with Crippen LogP contribution in [0.15, 0.2) is 11.0 Å². The number of carboxylic acid groups (broad SMARTS) is 1. The fraction of sp³-hybridized carbons (Fsp3) is 0.762. The number of anilines is 1. The number of hydrogen-bond donors (Lipinski definition) is 1. The number of hydrogen-bond acceptors (Lipinski definition) is 5. The Morgan fingerprint density at radius 1 is 1.21 bits per heavy atom. The summed E-state index contributed by atoms with van der Waals surface area (Å²) >= 11 is 6.59. The Hall–Kier alpha value is -1.60. The number of carboxylic acids is 1. The first-order valence-corrected chi connectivity index (χ1v) is 11.3. The molecule has 0 unspecified atom stereocenters. The Kier molecular flexibility index (Phi) is 4.66. The van der Waals surface area contributed by atoms with Gasteiger partial charge >= 0.3 is 5.97 Å². The van der Waals surface area contributed by atoms with Gasteiger partial charge in [-0.25, -0.2) is 4.68 Å². The van der Waals surface area contributed by atoms with Crippen molar-refractivity contribution in [1.82, 2.24) is 14.7 Å². The lowest BCUT2D eigenvalue weighted by Gasteiger charge is -2.59. The molecule has 1 aliphatic heterocycles. The number of nitrogens with zero attached hydrogens (tertiary/aromatic N) is 4. The Morgan fingerprint density at radius 3 is 2.45 bits per heavy atom. The molecule has 29 heavy (non-hydrogen) atoms. The van der Waals surface area contributed by atoms with Crippen LogP contribution in [0.3, 0.4) is 0 Å². The van der Waals surface area contributed by atoms with Crippen molar-refractivity contribution in [2.75, 3.05) is 37.6 Å². The van der Waals surface area contributed by atoms with E-state index in [4.69, 9.17) is 11.6 Å². The first kappa shape index (κ1) is 19.4. The van der Waals surface area contributed by atoms with E-state index in [2.05, 4.69) is 21.8 Å². The molecule has 8 heteroatoms. The summed E-state index contributed by atoms with van der Waals surface area (Å²) in [4.78, 5) is 30.1. The molecule has 4 aliphatic carbocycles. The first-order valence-electron chi connectivity index (χ1n) is 10.9. The molecule has 6 rings (SSSR count). The Labute approximate surface area is 175 Å². The van der Waals surface area contributed by atoms with Gasteiger partial charge < -0.3 is 14.9 Å². The van der Waals surface area contributed by atoms with Gasteiger partial charge in [-0.05, 0) is 56.4 Å². The van der Waals surface area contributed by atoms with Gasteiger partial charge in [0.15, 0.2) is 0 Å². The minimum absolute atomic E-state index is 0.146. The quantitative estimate of drug-likeness (QED) is 0.805. The summed E-state index contributed by atoms with van der Waals surface area (Å²) < 4.78 is 1.48. The average Bonchev–Trinajstić information content (AvgIpc) is 2.69. The van der Waals surface area contributed by atoms with Crippen molar-refractivity contribution in [3.63, 3.8) is 0 Å². The Morgan fingerprint density at radius 2 is 1.86 bits per heavy atom. The molecule has 0 aromatic carbocycles. The third kappa shape index (κ3) is 2.92. The van der Waals surface area contributed by atoms with Crippen LogP contribution in [0.25, 0.3) is 0 Å². The van der Waals surface area contributed by atoms with Gasteiger partial charge in [-0.1, -0.05) is 18.5 Å². The van der Waals surface area contributed by atoms with E-state index in [-0.39, 0.29) is 16.5 Å². The predicted octanol–water partition coefficient (Wildman–Crippen LogP) is 2.27. The molecular formula is C21H29ClN4O3. The highest BCUT2D eigenvalue weighted by molar-refractivity contribution is 6.33. The topological polar surface area (TPSA) is 78.7 Å². The van der Waals surface area contributed by atoms with Gasteiger partial charge in [0.1, 0.15) is 5.02 Å². The number of piperazine rings is 1. The van der Waals surface area contributed by atoms with E-state index in [0.29, 0.717) is 17.5 Å². The van der Waals surface area contributed by atoms with Gasteiger partial charge in [-0.15, -0.1) is 0 Å². The van der Waals surface area contributed by atoms with E-state index in [0.717, 1.165) is 64.8 Å². The van der Waals surface area contributed by atoms with Crippen LogP contribution in [-0.2, 0) is 10.3 Å². The van der Waals surface area contributed by atoms with Gasteiger partial charge in [0, 0.05) is 26.2 Å². The SMILES string of the molecule is CCN1CCN(c2cnn(C34C[C@@H]5CC(C[C@H](C5)C3)[C@H]4C(=O)O)c(=O)c2Cl)CC1. The zero-order valence-electron chi connectivity index (χ0n) is 16.9. The van der Waals surface area contributed by atoms with Crippen molar-refractivity contribution in [3.8, 4) is 0 Å². The maximum absolute atomic E-state index is 13.4. The zero-order valence-corrected chi connectivity index (χ0v) is 17.6. The normalized spacial score (nSPS) is 36.6. The average molecular weight is 421 g/mol. The van der Waals surface area contributed by atoms with Crippen LogP contribution in [0.1, 0.15) is 39.0 Å². The lowest BCUT2D eigenvalue weighted by molar-refractivity contribution is -0.168. The van der Waals surface area contributed by atoms with E-state index in [9.17, 15) is 14.7 Å². The lowest BCUT2D eigenvalue weighted by atomic mass is 9.48. The molecule has 3 atom stereocenters. The lowest BCUT2D eigenvalue weighted by Crippen LogP contribution is -2.63. The summed E-state index contributed by atoms with van der Waals surface area (Å²) in [5.41, 5.74) is -0.364. The molecular weight excluding hydrogens is 392 g/mol. The van der Waals surface area contributed by atoms with Crippen molar-refractivity contribution in [1.29, 1.82) is 0 Å². The molecule has 0 spiro atoms. The molecule has 1 aromatic heterocycles. The minimum atomic E-state index is -0.793. The van der Waals surface area contributed by atoms with Crippen molar-refractivity contribution in [2.45, 2.75) is 44.6 Å². The van der Waals surface area contributed by atoms with Crippen LogP contribution in [0.4, 0.5) is 5.69 Å². The van der Waals surface area contributed by atoms with Crippen molar-refractivity contribution in [3.05, 3.63) is 21.6 Å². The molecule has 1 saturated heterocycles. The third-order valence-electron chi connectivity index (χ3n) is 8.02. The first-order chi connectivity index (χ1) is 13.9. The maximum atomic E-state index is 13.4. The zero-order chi connectivity index (χ0) is 20.3. The molecule has 1 N–H and O–H groups in total. The molecule has 5 aliphatic rings. The second-order valence-electron chi connectivity index (χ2n) is 9.51. The fourth-order valence-electron chi connectivity index (χ4n) is 7.00. The maximum Gasteiger partial charge on any atom is 0.309 e. The van der Waals surface area contributed by atoms with Crippen LogP contribution in [0, 0.1) is 23.7 Å². The van der Waals surface area contributed by atoms with Gasteiger partial charge in [0.05, 0.1) is 23.3 Å². The number of likely N-dealkylation sites (N-methyl/N-ethyl adjacent to an activating group) is 1. The van der Waals surface area contributed by atoms with Crippen LogP contribution < -0.4 is 10.5 Å².